The van der Waals surface area contributed by atoms with Crippen LogP contribution in [0.4, 0.5) is 5.82 Å². The van der Waals surface area contributed by atoms with Crippen LogP contribution in [0.2, 0.25) is 0 Å². The number of hydrogen-bond donors (Lipinski definition) is 1. The van der Waals surface area contributed by atoms with Gasteiger partial charge in [-0.3, -0.25) is 0 Å². The molecule has 2 rings (SSSR count). The topological polar surface area (TPSA) is 42.1 Å². The van der Waals surface area contributed by atoms with Crippen LogP contribution in [-0.2, 0) is 6.42 Å². The van der Waals surface area contributed by atoms with Crippen LogP contribution in [0.1, 0.15) is 57.1 Å². The van der Waals surface area contributed by atoms with Crippen LogP contribution >= 0.6 is 0 Å². The average molecular weight is 289 g/mol. The normalized spacial score (nSPS) is 21.1. The smallest absolute Gasteiger partial charge is 0.131 e. The summed E-state index contributed by atoms with van der Waals surface area (Å²) in [4.78, 5) is 7.23. The van der Waals surface area contributed by atoms with E-state index >= 15 is 0 Å². The monoisotopic (exact) mass is 289 g/mol. The quantitative estimate of drug-likeness (QED) is 0.899. The van der Waals surface area contributed by atoms with Crippen molar-refractivity contribution in [2.45, 2.75) is 65.3 Å². The van der Waals surface area contributed by atoms with Gasteiger partial charge in [0.1, 0.15) is 5.82 Å². The molecule has 0 aromatic carbocycles. The van der Waals surface area contributed by atoms with E-state index in [0.717, 1.165) is 31.8 Å². The number of hydrogen-bond acceptors (Lipinski definition) is 3. The van der Waals surface area contributed by atoms with E-state index in [1.165, 1.54) is 42.6 Å². The van der Waals surface area contributed by atoms with Crippen molar-refractivity contribution in [1.29, 1.82) is 0 Å². The Morgan fingerprint density at radius 3 is 2.81 bits per heavy atom. The highest BCUT2D eigenvalue weighted by Gasteiger charge is 2.18. The summed E-state index contributed by atoms with van der Waals surface area (Å²) >= 11 is 0. The van der Waals surface area contributed by atoms with Crippen LogP contribution in [0.25, 0.3) is 0 Å². The maximum atomic E-state index is 6.05. The number of rotatable bonds is 5. The van der Waals surface area contributed by atoms with Gasteiger partial charge in [-0.05, 0) is 56.1 Å². The number of aromatic nitrogens is 1. The fraction of sp³-hybridized carbons (Fsp3) is 0.722. The molecule has 2 atom stereocenters. The molecule has 1 aliphatic rings. The molecule has 0 amide bonds. The van der Waals surface area contributed by atoms with Crippen molar-refractivity contribution in [1.82, 2.24) is 4.98 Å². The molecule has 2 N–H and O–H groups in total. The van der Waals surface area contributed by atoms with Gasteiger partial charge in [0.2, 0.25) is 0 Å². The molecule has 2 unspecified atom stereocenters. The predicted molar refractivity (Wildman–Crippen MR) is 90.8 cm³/mol. The Kier molecular flexibility index (Phi) is 6.04. The van der Waals surface area contributed by atoms with Crippen LogP contribution in [0.5, 0.6) is 0 Å². The highest BCUT2D eigenvalue weighted by Crippen LogP contribution is 2.25. The lowest BCUT2D eigenvalue weighted by molar-refractivity contribution is 0.459. The average Bonchev–Trinajstić information content (AvgIpc) is 2.72. The van der Waals surface area contributed by atoms with Crippen molar-refractivity contribution >= 4 is 5.82 Å². The molecule has 0 aliphatic carbocycles. The maximum Gasteiger partial charge on any atom is 0.131 e. The van der Waals surface area contributed by atoms with E-state index in [1.807, 2.05) is 6.20 Å². The van der Waals surface area contributed by atoms with E-state index in [1.54, 1.807) is 0 Å². The maximum absolute atomic E-state index is 6.05. The Hall–Kier alpha value is -1.09. The van der Waals surface area contributed by atoms with Gasteiger partial charge >= 0.3 is 0 Å². The van der Waals surface area contributed by atoms with Gasteiger partial charge < -0.3 is 10.6 Å². The number of anilines is 1. The molecule has 0 spiro atoms. The van der Waals surface area contributed by atoms with Gasteiger partial charge in [0.15, 0.2) is 0 Å². The predicted octanol–water partition coefficient (Wildman–Crippen LogP) is 3.69. The Morgan fingerprint density at radius 2 is 2.14 bits per heavy atom. The van der Waals surface area contributed by atoms with Crippen molar-refractivity contribution in [3.8, 4) is 0 Å². The second-order valence-electron chi connectivity index (χ2n) is 6.55. The summed E-state index contributed by atoms with van der Waals surface area (Å²) < 4.78 is 0. The minimum atomic E-state index is 0.251. The Balaban J connectivity index is 2.06. The third kappa shape index (κ3) is 4.44. The summed E-state index contributed by atoms with van der Waals surface area (Å²) in [6.45, 7) is 8.94. The van der Waals surface area contributed by atoms with E-state index in [9.17, 15) is 0 Å². The number of nitrogens with two attached hydrogens (primary N) is 1. The van der Waals surface area contributed by atoms with E-state index in [0.29, 0.717) is 0 Å². The molecule has 3 heteroatoms. The molecule has 2 heterocycles. The van der Waals surface area contributed by atoms with E-state index in [2.05, 4.69) is 31.7 Å². The summed E-state index contributed by atoms with van der Waals surface area (Å²) in [6, 6.07) is 2.53. The lowest BCUT2D eigenvalue weighted by Crippen LogP contribution is -2.26. The van der Waals surface area contributed by atoms with Gasteiger partial charge in [-0.2, -0.15) is 0 Å². The van der Waals surface area contributed by atoms with Gasteiger partial charge in [-0.25, -0.2) is 4.98 Å². The van der Waals surface area contributed by atoms with Crippen LogP contribution in [-0.4, -0.2) is 24.1 Å². The van der Waals surface area contributed by atoms with Crippen molar-refractivity contribution in [3.05, 3.63) is 23.4 Å². The summed E-state index contributed by atoms with van der Waals surface area (Å²) in [5.41, 5.74) is 8.62. The third-order valence-electron chi connectivity index (χ3n) is 4.85. The molecule has 21 heavy (non-hydrogen) atoms. The largest absolute Gasteiger partial charge is 0.356 e. The fourth-order valence-electron chi connectivity index (χ4n) is 3.30. The molecule has 118 valence electrons. The van der Waals surface area contributed by atoms with Crippen molar-refractivity contribution in [3.63, 3.8) is 0 Å². The van der Waals surface area contributed by atoms with Crippen molar-refractivity contribution in [2.75, 3.05) is 18.0 Å². The molecule has 1 aliphatic heterocycles. The molecule has 3 nitrogen and oxygen atoms in total. The van der Waals surface area contributed by atoms with Crippen molar-refractivity contribution in [2.24, 2.45) is 11.7 Å². The lowest BCUT2D eigenvalue weighted by Gasteiger charge is -2.24. The van der Waals surface area contributed by atoms with Gasteiger partial charge in [0, 0.05) is 25.3 Å². The van der Waals surface area contributed by atoms with Crippen molar-refractivity contribution < 1.29 is 0 Å². The summed E-state index contributed by atoms with van der Waals surface area (Å²) in [5.74, 6) is 2.08. The van der Waals surface area contributed by atoms with Gasteiger partial charge in [-0.1, -0.05) is 26.3 Å². The zero-order valence-electron chi connectivity index (χ0n) is 13.9. The van der Waals surface area contributed by atoms with Gasteiger partial charge in [-0.15, -0.1) is 0 Å². The highest BCUT2D eigenvalue weighted by atomic mass is 15.2. The second-order valence-corrected chi connectivity index (χ2v) is 6.55. The SMILES string of the molecule is CCC(N)Cc1cnc(N2CCCC(CC)CC2)c(C)c1. The first-order chi connectivity index (χ1) is 10.1. The Labute approximate surface area is 129 Å². The van der Waals surface area contributed by atoms with E-state index in [4.69, 9.17) is 10.7 Å². The molecule has 1 fully saturated rings. The van der Waals surface area contributed by atoms with Gasteiger partial charge in [0.25, 0.3) is 0 Å². The molecule has 0 bridgehead atoms. The second kappa shape index (κ2) is 7.79. The first-order valence-corrected chi connectivity index (χ1v) is 8.60. The molecule has 0 radical (unpaired) electrons. The molecular formula is C18H31N3. The first kappa shape index (κ1) is 16.3. The molecule has 1 aromatic rings. The van der Waals surface area contributed by atoms with Crippen LogP contribution in [0.3, 0.4) is 0 Å². The van der Waals surface area contributed by atoms with E-state index in [-0.39, 0.29) is 6.04 Å². The van der Waals surface area contributed by atoms with Gasteiger partial charge in [0.05, 0.1) is 0 Å². The number of nitrogens with zero attached hydrogens (tertiary/aromatic N) is 2. The summed E-state index contributed by atoms with van der Waals surface area (Å²) in [5, 5.41) is 0. The van der Waals surface area contributed by atoms with E-state index < -0.39 is 0 Å². The standard InChI is InChI=1S/C18H31N3/c1-4-15-7-6-9-21(10-8-15)18-14(3)11-16(13-20-18)12-17(19)5-2/h11,13,15,17H,4-10,12,19H2,1-3H3. The minimum absolute atomic E-state index is 0.251. The Bertz CT molecular complexity index is 444. The summed E-state index contributed by atoms with van der Waals surface area (Å²) in [7, 11) is 0. The van der Waals surface area contributed by atoms with Crippen LogP contribution in [0, 0.1) is 12.8 Å². The Morgan fingerprint density at radius 1 is 1.33 bits per heavy atom. The molecule has 0 saturated carbocycles. The third-order valence-corrected chi connectivity index (χ3v) is 4.85. The zero-order chi connectivity index (χ0) is 15.2. The number of aryl methyl sites for hydroxylation is 1. The fourth-order valence-corrected chi connectivity index (χ4v) is 3.30. The first-order valence-electron chi connectivity index (χ1n) is 8.60. The number of pyridine rings is 1. The lowest BCUT2D eigenvalue weighted by atomic mass is 9.98. The zero-order valence-corrected chi connectivity index (χ0v) is 13.9. The molecule has 1 saturated heterocycles. The molecular weight excluding hydrogens is 258 g/mol. The minimum Gasteiger partial charge on any atom is -0.356 e. The van der Waals surface area contributed by atoms with Crippen LogP contribution < -0.4 is 10.6 Å². The summed E-state index contributed by atoms with van der Waals surface area (Å²) in [6.07, 6.45) is 9.26. The molecule has 1 aromatic heterocycles. The highest BCUT2D eigenvalue weighted by molar-refractivity contribution is 5.47. The van der Waals surface area contributed by atoms with Crippen LogP contribution in [0.15, 0.2) is 12.3 Å².